The van der Waals surface area contributed by atoms with Crippen molar-refractivity contribution in [1.29, 1.82) is 0 Å². The van der Waals surface area contributed by atoms with Gasteiger partial charge < -0.3 is 14.4 Å². The number of carbonyl (C=O) groups excluding carboxylic acids is 1. The van der Waals surface area contributed by atoms with Crippen LogP contribution in [-0.2, 0) is 14.3 Å². The fourth-order valence-corrected chi connectivity index (χ4v) is 1.55. The second kappa shape index (κ2) is 6.47. The van der Waals surface area contributed by atoms with Crippen LogP contribution in [0.1, 0.15) is 6.42 Å². The Morgan fingerprint density at radius 2 is 1.74 bits per heavy atom. The molecule has 0 aromatic heterocycles. The molecule has 1 aliphatic rings. The standard InChI is InChI=1S/C10H14F5NO3/c11-9(12,10(13,14)15)7-8(17)19-6-3-16-1-4-18-5-2-16/h1-7H2/p+1. The number of ether oxygens (including phenoxy) is 2. The number of alkyl halides is 5. The topological polar surface area (TPSA) is 40.0 Å². The van der Waals surface area contributed by atoms with Gasteiger partial charge in [-0.1, -0.05) is 0 Å². The van der Waals surface area contributed by atoms with Crippen molar-refractivity contribution in [3.8, 4) is 0 Å². The van der Waals surface area contributed by atoms with Gasteiger partial charge in [0.15, 0.2) is 0 Å². The lowest BCUT2D eigenvalue weighted by molar-refractivity contribution is -0.908. The number of hydrogen-bond donors (Lipinski definition) is 1. The van der Waals surface area contributed by atoms with Crippen LogP contribution in [0.5, 0.6) is 0 Å². The fraction of sp³-hybridized carbons (Fsp3) is 0.900. The maximum Gasteiger partial charge on any atom is 0.453 e. The molecule has 0 bridgehead atoms. The van der Waals surface area contributed by atoms with Crippen molar-refractivity contribution < 1.29 is 41.1 Å². The zero-order valence-electron chi connectivity index (χ0n) is 10.1. The lowest BCUT2D eigenvalue weighted by atomic mass is 10.2. The minimum Gasteiger partial charge on any atom is -0.460 e. The van der Waals surface area contributed by atoms with Gasteiger partial charge in [-0.15, -0.1) is 0 Å². The summed E-state index contributed by atoms with van der Waals surface area (Å²) in [7, 11) is 0. The first-order valence-corrected chi connectivity index (χ1v) is 5.74. The van der Waals surface area contributed by atoms with Crippen LogP contribution in [0.3, 0.4) is 0 Å². The second-order valence-corrected chi connectivity index (χ2v) is 4.21. The van der Waals surface area contributed by atoms with Gasteiger partial charge in [0.05, 0.1) is 13.2 Å². The number of quaternary nitrogens is 1. The molecular weight excluding hydrogens is 277 g/mol. The van der Waals surface area contributed by atoms with E-state index in [1.165, 1.54) is 0 Å². The highest BCUT2D eigenvalue weighted by Crippen LogP contribution is 2.38. The lowest BCUT2D eigenvalue weighted by Crippen LogP contribution is -3.14. The van der Waals surface area contributed by atoms with Crippen molar-refractivity contribution in [2.45, 2.75) is 18.5 Å². The van der Waals surface area contributed by atoms with E-state index in [4.69, 9.17) is 4.74 Å². The molecule has 0 aromatic rings. The SMILES string of the molecule is O=C(CC(F)(F)C(F)(F)F)OCC[NH+]1CCOCC1. The van der Waals surface area contributed by atoms with Crippen molar-refractivity contribution in [1.82, 2.24) is 0 Å². The van der Waals surface area contributed by atoms with Crippen molar-refractivity contribution >= 4 is 5.97 Å². The zero-order chi connectivity index (χ0) is 14.5. The molecule has 0 amide bonds. The number of rotatable bonds is 5. The Bertz CT molecular complexity index is 302. The summed E-state index contributed by atoms with van der Waals surface area (Å²) in [5.41, 5.74) is 0. The summed E-state index contributed by atoms with van der Waals surface area (Å²) in [6.45, 7) is 2.67. The highest BCUT2D eigenvalue weighted by atomic mass is 19.4. The Morgan fingerprint density at radius 1 is 1.16 bits per heavy atom. The van der Waals surface area contributed by atoms with Crippen LogP contribution < -0.4 is 4.90 Å². The minimum absolute atomic E-state index is 0.178. The molecule has 1 heterocycles. The molecule has 0 unspecified atom stereocenters. The van der Waals surface area contributed by atoms with Crippen molar-refractivity contribution in [3.63, 3.8) is 0 Å². The summed E-state index contributed by atoms with van der Waals surface area (Å²) < 4.78 is 70.0. The maximum absolute atomic E-state index is 12.5. The van der Waals surface area contributed by atoms with Crippen LogP contribution in [0.25, 0.3) is 0 Å². The van der Waals surface area contributed by atoms with Gasteiger partial charge in [-0.3, -0.25) is 4.79 Å². The van der Waals surface area contributed by atoms with E-state index in [0.717, 1.165) is 4.90 Å². The average Bonchev–Trinajstić information content (AvgIpc) is 2.28. The molecule has 0 atom stereocenters. The first kappa shape index (κ1) is 16.1. The molecular formula is C10H15F5NO3+. The molecule has 1 N–H and O–H groups in total. The van der Waals surface area contributed by atoms with Crippen molar-refractivity contribution in [2.75, 3.05) is 39.5 Å². The predicted octanol–water partition coefficient (Wildman–Crippen LogP) is 0.0324. The molecule has 0 radical (unpaired) electrons. The van der Waals surface area contributed by atoms with E-state index in [1.54, 1.807) is 0 Å². The summed E-state index contributed by atoms with van der Waals surface area (Å²) in [4.78, 5) is 12.0. The zero-order valence-corrected chi connectivity index (χ0v) is 10.1. The van der Waals surface area contributed by atoms with E-state index < -0.39 is 24.5 Å². The summed E-state index contributed by atoms with van der Waals surface area (Å²) in [6.07, 6.45) is -7.71. The van der Waals surface area contributed by atoms with E-state index in [-0.39, 0.29) is 6.61 Å². The van der Waals surface area contributed by atoms with Crippen LogP contribution in [0.2, 0.25) is 0 Å². The van der Waals surface area contributed by atoms with E-state index in [1.807, 2.05) is 0 Å². The first-order valence-electron chi connectivity index (χ1n) is 5.74. The van der Waals surface area contributed by atoms with Gasteiger partial charge >= 0.3 is 18.1 Å². The molecule has 1 saturated heterocycles. The molecule has 19 heavy (non-hydrogen) atoms. The third-order valence-electron chi connectivity index (χ3n) is 2.70. The van der Waals surface area contributed by atoms with Gasteiger partial charge in [-0.25, -0.2) is 0 Å². The molecule has 4 nitrogen and oxygen atoms in total. The van der Waals surface area contributed by atoms with Crippen LogP contribution >= 0.6 is 0 Å². The summed E-state index contributed by atoms with van der Waals surface area (Å²) in [5.74, 6) is -6.59. The van der Waals surface area contributed by atoms with E-state index in [0.29, 0.717) is 32.8 Å². The molecule has 0 spiro atoms. The predicted molar refractivity (Wildman–Crippen MR) is 53.0 cm³/mol. The van der Waals surface area contributed by atoms with Gasteiger partial charge in [0, 0.05) is 0 Å². The number of esters is 1. The normalized spacial score (nSPS) is 18.4. The molecule has 9 heteroatoms. The van der Waals surface area contributed by atoms with E-state index >= 15 is 0 Å². The van der Waals surface area contributed by atoms with Gasteiger partial charge in [0.1, 0.15) is 32.7 Å². The number of nitrogens with one attached hydrogen (secondary N) is 1. The first-order chi connectivity index (χ1) is 8.72. The quantitative estimate of drug-likeness (QED) is 0.574. The van der Waals surface area contributed by atoms with Crippen molar-refractivity contribution in [3.05, 3.63) is 0 Å². The van der Waals surface area contributed by atoms with E-state index in [2.05, 4.69) is 4.74 Å². The molecule has 1 aliphatic heterocycles. The van der Waals surface area contributed by atoms with Crippen LogP contribution in [0.4, 0.5) is 22.0 Å². The number of halogens is 5. The second-order valence-electron chi connectivity index (χ2n) is 4.21. The van der Waals surface area contributed by atoms with Gasteiger partial charge in [-0.05, 0) is 0 Å². The van der Waals surface area contributed by atoms with Crippen LogP contribution in [0, 0.1) is 0 Å². The highest BCUT2D eigenvalue weighted by molar-refractivity contribution is 5.70. The van der Waals surface area contributed by atoms with Gasteiger partial charge in [0.2, 0.25) is 0 Å². The monoisotopic (exact) mass is 292 g/mol. The number of hydrogen-bond acceptors (Lipinski definition) is 3. The van der Waals surface area contributed by atoms with Gasteiger partial charge in [-0.2, -0.15) is 22.0 Å². The minimum atomic E-state index is -5.73. The van der Waals surface area contributed by atoms with Crippen LogP contribution in [0.15, 0.2) is 0 Å². The summed E-state index contributed by atoms with van der Waals surface area (Å²) in [6, 6.07) is 0. The Hall–Kier alpha value is -0.960. The Kier molecular flexibility index (Phi) is 5.48. The van der Waals surface area contributed by atoms with Gasteiger partial charge in [0.25, 0.3) is 0 Å². The molecule has 0 saturated carbocycles. The fourth-order valence-electron chi connectivity index (χ4n) is 1.55. The number of carbonyl (C=O) groups is 1. The van der Waals surface area contributed by atoms with Crippen LogP contribution in [-0.4, -0.2) is 57.5 Å². The lowest BCUT2D eigenvalue weighted by Gasteiger charge is -2.23. The number of morpholine rings is 1. The Labute approximate surface area is 106 Å². The molecule has 112 valence electrons. The Balaban J connectivity index is 2.24. The average molecular weight is 292 g/mol. The molecule has 0 aliphatic carbocycles. The summed E-state index contributed by atoms with van der Waals surface area (Å²) >= 11 is 0. The maximum atomic E-state index is 12.5. The smallest absolute Gasteiger partial charge is 0.453 e. The summed E-state index contributed by atoms with van der Waals surface area (Å²) in [5, 5.41) is 0. The molecule has 0 aromatic carbocycles. The third kappa shape index (κ3) is 5.27. The molecule has 1 rings (SSSR count). The highest BCUT2D eigenvalue weighted by Gasteiger charge is 2.58. The van der Waals surface area contributed by atoms with Crippen molar-refractivity contribution in [2.24, 2.45) is 0 Å². The largest absolute Gasteiger partial charge is 0.460 e. The molecule has 1 fully saturated rings. The third-order valence-corrected chi connectivity index (χ3v) is 2.70. The Morgan fingerprint density at radius 3 is 2.26 bits per heavy atom. The van der Waals surface area contributed by atoms with E-state index in [9.17, 15) is 26.7 Å².